The summed E-state index contributed by atoms with van der Waals surface area (Å²) < 4.78 is 28.7. The Morgan fingerprint density at radius 1 is 1.39 bits per heavy atom. The molecule has 0 fully saturated rings. The Labute approximate surface area is 103 Å². The highest BCUT2D eigenvalue weighted by atomic mass is 19.3. The fourth-order valence-electron chi connectivity index (χ4n) is 1.18. The van der Waals surface area contributed by atoms with E-state index in [1.807, 2.05) is 0 Å². The van der Waals surface area contributed by atoms with Crippen molar-refractivity contribution in [1.82, 2.24) is 0 Å². The van der Waals surface area contributed by atoms with Gasteiger partial charge in [-0.05, 0) is 24.6 Å². The van der Waals surface area contributed by atoms with E-state index in [1.165, 1.54) is 12.1 Å². The first kappa shape index (κ1) is 13.5. The lowest BCUT2D eigenvalue weighted by Crippen LogP contribution is -2.04. The highest BCUT2D eigenvalue weighted by Crippen LogP contribution is 2.27. The highest BCUT2D eigenvalue weighted by Gasteiger charge is 2.09. The quantitative estimate of drug-likeness (QED) is 0.833. The van der Waals surface area contributed by atoms with Crippen LogP contribution in [0, 0.1) is 29.6 Å². The van der Waals surface area contributed by atoms with E-state index in [2.05, 4.69) is 10.1 Å². The molecule has 0 radical (unpaired) electrons. The van der Waals surface area contributed by atoms with Crippen LogP contribution in [0.15, 0.2) is 30.0 Å². The van der Waals surface area contributed by atoms with Crippen molar-refractivity contribution >= 4 is 5.69 Å². The number of nitrogens with zero attached hydrogens (tertiary/aromatic N) is 2. The summed E-state index contributed by atoms with van der Waals surface area (Å²) in [6.07, 6.45) is 1.13. The highest BCUT2D eigenvalue weighted by molar-refractivity contribution is 5.60. The Morgan fingerprint density at radius 3 is 2.61 bits per heavy atom. The van der Waals surface area contributed by atoms with Crippen molar-refractivity contribution in [2.45, 2.75) is 13.5 Å². The molecule has 18 heavy (non-hydrogen) atoms. The van der Waals surface area contributed by atoms with E-state index in [4.69, 9.17) is 10.5 Å². The summed E-state index contributed by atoms with van der Waals surface area (Å²) in [6, 6.07) is 7.93. The largest absolute Gasteiger partial charge is 0.433 e. The van der Waals surface area contributed by atoms with E-state index in [0.29, 0.717) is 0 Å². The van der Waals surface area contributed by atoms with Crippen molar-refractivity contribution < 1.29 is 13.5 Å². The molecule has 1 N–H and O–H groups in total. The SMILES string of the molecule is Cc1ccc(NC=C(C#N)C#N)c(OC(F)F)c1. The van der Waals surface area contributed by atoms with Crippen molar-refractivity contribution in [3.8, 4) is 17.9 Å². The second kappa shape index (κ2) is 6.21. The average molecular weight is 249 g/mol. The van der Waals surface area contributed by atoms with Gasteiger partial charge in [-0.2, -0.15) is 19.3 Å². The third kappa shape index (κ3) is 3.76. The number of anilines is 1. The number of hydrogen-bond donors (Lipinski definition) is 1. The predicted molar refractivity (Wildman–Crippen MR) is 60.7 cm³/mol. The van der Waals surface area contributed by atoms with Crippen molar-refractivity contribution in [1.29, 1.82) is 10.5 Å². The van der Waals surface area contributed by atoms with E-state index in [0.717, 1.165) is 11.8 Å². The van der Waals surface area contributed by atoms with Gasteiger partial charge in [0.2, 0.25) is 0 Å². The molecule has 1 rings (SSSR count). The number of alkyl halides is 2. The number of nitriles is 2. The molecule has 0 aliphatic heterocycles. The Morgan fingerprint density at radius 2 is 2.06 bits per heavy atom. The number of ether oxygens (including phenoxy) is 1. The predicted octanol–water partition coefficient (Wildman–Crippen LogP) is 2.94. The summed E-state index contributed by atoms with van der Waals surface area (Å²) in [5.41, 5.74) is 0.837. The zero-order valence-corrected chi connectivity index (χ0v) is 9.45. The van der Waals surface area contributed by atoms with Crippen LogP contribution < -0.4 is 10.1 Å². The maximum Gasteiger partial charge on any atom is 0.387 e. The molecular formula is C12H9F2N3O. The van der Waals surface area contributed by atoms with Gasteiger partial charge < -0.3 is 10.1 Å². The summed E-state index contributed by atoms with van der Waals surface area (Å²) in [4.78, 5) is 0. The van der Waals surface area contributed by atoms with E-state index in [1.54, 1.807) is 25.1 Å². The number of halogens is 2. The van der Waals surface area contributed by atoms with Gasteiger partial charge in [0.15, 0.2) is 0 Å². The van der Waals surface area contributed by atoms with Crippen LogP contribution in [-0.4, -0.2) is 6.61 Å². The molecule has 1 aromatic rings. The first-order valence-corrected chi connectivity index (χ1v) is 4.89. The zero-order chi connectivity index (χ0) is 13.5. The lowest BCUT2D eigenvalue weighted by atomic mass is 10.2. The van der Waals surface area contributed by atoms with Gasteiger partial charge in [-0.3, -0.25) is 0 Å². The van der Waals surface area contributed by atoms with Crippen molar-refractivity contribution in [3.63, 3.8) is 0 Å². The summed E-state index contributed by atoms with van der Waals surface area (Å²) in [7, 11) is 0. The van der Waals surface area contributed by atoms with Crippen LogP contribution in [0.3, 0.4) is 0 Å². The number of benzene rings is 1. The third-order valence-electron chi connectivity index (χ3n) is 1.97. The fraction of sp³-hybridized carbons (Fsp3) is 0.167. The van der Waals surface area contributed by atoms with Crippen LogP contribution in [0.1, 0.15) is 5.56 Å². The van der Waals surface area contributed by atoms with Crippen molar-refractivity contribution in [2.75, 3.05) is 5.32 Å². The Hall–Kier alpha value is -2.60. The lowest BCUT2D eigenvalue weighted by Gasteiger charge is -2.11. The molecule has 0 saturated carbocycles. The number of hydrogen-bond acceptors (Lipinski definition) is 4. The van der Waals surface area contributed by atoms with Crippen molar-refractivity contribution in [3.05, 3.63) is 35.5 Å². The molecule has 0 aliphatic rings. The van der Waals surface area contributed by atoms with Crippen LogP contribution in [0.5, 0.6) is 5.75 Å². The van der Waals surface area contributed by atoms with Crippen LogP contribution in [0.4, 0.5) is 14.5 Å². The first-order valence-electron chi connectivity index (χ1n) is 4.89. The molecule has 0 heterocycles. The monoisotopic (exact) mass is 249 g/mol. The smallest absolute Gasteiger partial charge is 0.387 e. The Bertz CT molecular complexity index is 525. The summed E-state index contributed by atoms with van der Waals surface area (Å²) in [5, 5.41) is 19.6. The van der Waals surface area contributed by atoms with E-state index in [-0.39, 0.29) is 17.0 Å². The number of allylic oxidation sites excluding steroid dienone is 1. The third-order valence-corrected chi connectivity index (χ3v) is 1.97. The molecule has 0 saturated heterocycles. The molecule has 0 amide bonds. The Kier molecular flexibility index (Phi) is 4.65. The van der Waals surface area contributed by atoms with Crippen LogP contribution in [0.25, 0.3) is 0 Å². The molecule has 0 aliphatic carbocycles. The van der Waals surface area contributed by atoms with Gasteiger partial charge >= 0.3 is 6.61 Å². The molecule has 4 nitrogen and oxygen atoms in total. The van der Waals surface area contributed by atoms with Crippen LogP contribution >= 0.6 is 0 Å². The van der Waals surface area contributed by atoms with Crippen molar-refractivity contribution in [2.24, 2.45) is 0 Å². The molecule has 0 unspecified atom stereocenters. The first-order chi connectivity index (χ1) is 8.56. The Balaban J connectivity index is 2.99. The minimum atomic E-state index is -2.94. The zero-order valence-electron chi connectivity index (χ0n) is 9.45. The fourth-order valence-corrected chi connectivity index (χ4v) is 1.18. The maximum atomic E-state index is 12.2. The molecule has 0 spiro atoms. The average Bonchev–Trinajstić information content (AvgIpc) is 2.32. The maximum absolute atomic E-state index is 12.2. The number of rotatable bonds is 4. The van der Waals surface area contributed by atoms with Gasteiger partial charge in [0.05, 0.1) is 5.69 Å². The van der Waals surface area contributed by atoms with Gasteiger partial charge in [0.25, 0.3) is 0 Å². The lowest BCUT2D eigenvalue weighted by molar-refractivity contribution is -0.0493. The number of nitrogens with one attached hydrogen (secondary N) is 1. The summed E-state index contributed by atoms with van der Waals surface area (Å²) in [5.74, 6) is -0.0449. The molecule has 0 bridgehead atoms. The van der Waals surface area contributed by atoms with E-state index in [9.17, 15) is 8.78 Å². The summed E-state index contributed by atoms with van der Waals surface area (Å²) >= 11 is 0. The second-order valence-corrected chi connectivity index (χ2v) is 3.30. The molecule has 92 valence electrons. The molecular weight excluding hydrogens is 240 g/mol. The topological polar surface area (TPSA) is 68.8 Å². The standard InChI is InChI=1S/C12H9F2N3O/c1-8-2-3-10(11(4-8)18-12(13)14)17-7-9(5-15)6-16/h2-4,7,12,17H,1H3. The molecule has 6 heteroatoms. The molecule has 0 aromatic heterocycles. The minimum Gasteiger partial charge on any atom is -0.433 e. The van der Waals surface area contributed by atoms with Crippen LogP contribution in [-0.2, 0) is 0 Å². The van der Waals surface area contributed by atoms with Gasteiger partial charge in [-0.15, -0.1) is 0 Å². The molecule has 1 aromatic carbocycles. The van der Waals surface area contributed by atoms with Gasteiger partial charge in [-0.25, -0.2) is 0 Å². The summed E-state index contributed by atoms with van der Waals surface area (Å²) in [6.45, 7) is -1.21. The van der Waals surface area contributed by atoms with Gasteiger partial charge in [-0.1, -0.05) is 6.07 Å². The van der Waals surface area contributed by atoms with Gasteiger partial charge in [0, 0.05) is 6.20 Å². The van der Waals surface area contributed by atoms with E-state index < -0.39 is 6.61 Å². The minimum absolute atomic E-state index is 0.0449. The molecule has 0 atom stereocenters. The second-order valence-electron chi connectivity index (χ2n) is 3.30. The number of aryl methyl sites for hydroxylation is 1. The normalized spacial score (nSPS) is 9.22. The van der Waals surface area contributed by atoms with Crippen LogP contribution in [0.2, 0.25) is 0 Å². The van der Waals surface area contributed by atoms with Gasteiger partial charge in [0.1, 0.15) is 23.5 Å². The van der Waals surface area contributed by atoms with E-state index >= 15 is 0 Å².